The minimum absolute atomic E-state index is 0.0242. The van der Waals surface area contributed by atoms with Gasteiger partial charge in [0.15, 0.2) is 0 Å². The Morgan fingerprint density at radius 3 is 2.39 bits per heavy atom. The van der Waals surface area contributed by atoms with E-state index < -0.39 is 0 Å². The molecule has 0 unspecified atom stereocenters. The maximum Gasteiger partial charge on any atom is 0.256 e. The summed E-state index contributed by atoms with van der Waals surface area (Å²) in [5.41, 5.74) is 12.8. The van der Waals surface area contributed by atoms with Crippen molar-refractivity contribution in [3.8, 4) is 0 Å². The second-order valence-corrected chi connectivity index (χ2v) is 4.45. The monoisotopic (exact) mass is 246 g/mol. The molecule has 1 fully saturated rings. The lowest BCUT2D eigenvalue weighted by Gasteiger charge is -2.28. The maximum absolute atomic E-state index is 5.22. The van der Waals surface area contributed by atoms with Gasteiger partial charge in [0.1, 0.15) is 0 Å². The summed E-state index contributed by atoms with van der Waals surface area (Å²) in [6, 6.07) is 8.38. The molecule has 0 spiro atoms. The van der Waals surface area contributed by atoms with E-state index in [1.165, 1.54) is 24.9 Å². The van der Waals surface area contributed by atoms with Gasteiger partial charge in [-0.2, -0.15) is 0 Å². The molecule has 1 heterocycles. The van der Waals surface area contributed by atoms with E-state index in [0.717, 1.165) is 18.7 Å². The van der Waals surface area contributed by atoms with Crippen molar-refractivity contribution in [2.45, 2.75) is 19.3 Å². The van der Waals surface area contributed by atoms with Crippen LogP contribution in [0.15, 0.2) is 29.4 Å². The molecule has 1 aromatic rings. The Hall–Kier alpha value is -2.04. The molecule has 0 aromatic heterocycles. The van der Waals surface area contributed by atoms with Crippen LogP contribution < -0.4 is 21.5 Å². The molecule has 0 saturated carbocycles. The van der Waals surface area contributed by atoms with Gasteiger partial charge in [-0.15, -0.1) is 5.10 Å². The number of hydrogen-bond acceptors (Lipinski definition) is 2. The molecule has 0 atom stereocenters. The summed E-state index contributed by atoms with van der Waals surface area (Å²) in [6.45, 7) is 2.32. The smallest absolute Gasteiger partial charge is 0.256 e. The van der Waals surface area contributed by atoms with Gasteiger partial charge in [0.25, 0.3) is 5.96 Å². The van der Waals surface area contributed by atoms with Gasteiger partial charge in [0.05, 0.1) is 0 Å². The van der Waals surface area contributed by atoms with Crippen LogP contribution in [0.1, 0.15) is 24.8 Å². The summed E-state index contributed by atoms with van der Waals surface area (Å²) in [4.78, 5) is 2.43. The molecule has 5 nitrogen and oxygen atoms in total. The van der Waals surface area contributed by atoms with E-state index in [2.05, 4.69) is 39.4 Å². The predicted octanol–water partition coefficient (Wildman–Crippen LogP) is -0.635. The van der Waals surface area contributed by atoms with E-state index >= 15 is 0 Å². The van der Waals surface area contributed by atoms with E-state index in [1.807, 2.05) is 0 Å². The van der Waals surface area contributed by atoms with Gasteiger partial charge in [0, 0.05) is 29.4 Å². The molecule has 5 N–H and O–H groups in total. The third kappa shape index (κ3) is 3.48. The normalized spacial score (nSPS) is 15.9. The Balaban J connectivity index is 2.00. The molecular formula is C13H20N5+. The first-order valence-corrected chi connectivity index (χ1v) is 6.28. The molecule has 0 aliphatic carbocycles. The molecule has 5 heteroatoms. The van der Waals surface area contributed by atoms with Gasteiger partial charge < -0.3 is 16.4 Å². The lowest BCUT2D eigenvalue weighted by molar-refractivity contribution is -0.456. The van der Waals surface area contributed by atoms with Crippen molar-refractivity contribution in [2.24, 2.45) is 16.6 Å². The molecule has 2 rings (SSSR count). The van der Waals surface area contributed by atoms with Crippen LogP contribution in [0.2, 0.25) is 0 Å². The number of rotatable bonds is 3. The maximum atomic E-state index is 5.22. The molecule has 0 bridgehead atoms. The Labute approximate surface area is 107 Å². The van der Waals surface area contributed by atoms with Crippen LogP contribution in [0, 0.1) is 0 Å². The van der Waals surface area contributed by atoms with Crippen LogP contribution in [0.5, 0.6) is 0 Å². The van der Waals surface area contributed by atoms with Crippen LogP contribution in [-0.2, 0) is 0 Å². The highest BCUT2D eigenvalue weighted by Gasteiger charge is 2.10. The second kappa shape index (κ2) is 6.05. The Kier molecular flexibility index (Phi) is 4.17. The first-order valence-electron chi connectivity index (χ1n) is 6.28. The zero-order valence-electron chi connectivity index (χ0n) is 10.5. The molecule has 18 heavy (non-hydrogen) atoms. The van der Waals surface area contributed by atoms with Crippen molar-refractivity contribution >= 4 is 17.9 Å². The van der Waals surface area contributed by atoms with Gasteiger partial charge in [-0.1, -0.05) is 0 Å². The summed E-state index contributed by atoms with van der Waals surface area (Å²) >= 11 is 0. The van der Waals surface area contributed by atoms with Gasteiger partial charge in [0.2, 0.25) is 6.21 Å². The highest BCUT2D eigenvalue weighted by Crippen LogP contribution is 2.19. The lowest BCUT2D eigenvalue weighted by atomic mass is 10.1. The van der Waals surface area contributed by atoms with Crippen LogP contribution in [0.3, 0.4) is 0 Å². The number of hydrazone groups is 1. The van der Waals surface area contributed by atoms with Gasteiger partial charge in [-0.05, 0) is 43.5 Å². The number of nitrogens with two attached hydrogens (primary N) is 2. The van der Waals surface area contributed by atoms with E-state index in [1.54, 1.807) is 6.21 Å². The van der Waals surface area contributed by atoms with Crippen LogP contribution in [-0.4, -0.2) is 25.3 Å². The van der Waals surface area contributed by atoms with E-state index in [-0.39, 0.29) is 5.96 Å². The average molecular weight is 246 g/mol. The first-order chi connectivity index (χ1) is 8.75. The van der Waals surface area contributed by atoms with Crippen LogP contribution in [0.4, 0.5) is 5.69 Å². The summed E-state index contributed by atoms with van der Waals surface area (Å²) in [5, 5.41) is 6.39. The average Bonchev–Trinajstić information content (AvgIpc) is 2.40. The topological polar surface area (TPSA) is 81.6 Å². The zero-order chi connectivity index (χ0) is 12.8. The molecule has 1 aliphatic rings. The third-order valence-electron chi connectivity index (χ3n) is 3.04. The molecule has 0 amide bonds. The fourth-order valence-electron chi connectivity index (χ4n) is 2.11. The lowest BCUT2D eigenvalue weighted by Crippen LogP contribution is -2.63. The number of guanidine groups is 1. The number of anilines is 1. The highest BCUT2D eigenvalue weighted by atomic mass is 15.3. The molecule has 1 saturated heterocycles. The first kappa shape index (κ1) is 12.4. The number of nitrogens with one attached hydrogen (secondary N) is 1. The summed E-state index contributed by atoms with van der Waals surface area (Å²) in [7, 11) is 0. The molecule has 96 valence electrons. The number of piperidine rings is 1. The zero-order valence-corrected chi connectivity index (χ0v) is 10.5. The largest absolute Gasteiger partial charge is 0.372 e. The van der Waals surface area contributed by atoms with Gasteiger partial charge in [-0.3, -0.25) is 0 Å². The minimum Gasteiger partial charge on any atom is -0.372 e. The van der Waals surface area contributed by atoms with Crippen molar-refractivity contribution in [3.63, 3.8) is 0 Å². The molecular weight excluding hydrogens is 226 g/mol. The SMILES string of the molecule is NC(N)=N/[NH+]=C/c1ccc(N2CCCCC2)cc1. The van der Waals surface area contributed by atoms with Crippen molar-refractivity contribution in [1.82, 2.24) is 0 Å². The van der Waals surface area contributed by atoms with Crippen LogP contribution >= 0.6 is 0 Å². The number of nitrogens with zero attached hydrogens (tertiary/aromatic N) is 2. The van der Waals surface area contributed by atoms with Crippen molar-refractivity contribution in [2.75, 3.05) is 18.0 Å². The predicted molar refractivity (Wildman–Crippen MR) is 74.4 cm³/mol. The second-order valence-electron chi connectivity index (χ2n) is 4.45. The fraction of sp³-hybridized carbons (Fsp3) is 0.385. The Morgan fingerprint density at radius 1 is 1.11 bits per heavy atom. The number of benzene rings is 1. The van der Waals surface area contributed by atoms with E-state index in [4.69, 9.17) is 11.5 Å². The van der Waals surface area contributed by atoms with Crippen molar-refractivity contribution in [1.29, 1.82) is 0 Å². The third-order valence-corrected chi connectivity index (χ3v) is 3.04. The number of hydrogen-bond donors (Lipinski definition) is 3. The van der Waals surface area contributed by atoms with E-state index in [0.29, 0.717) is 0 Å². The summed E-state index contributed by atoms with van der Waals surface area (Å²) in [5.74, 6) is 0.0242. The quantitative estimate of drug-likeness (QED) is 0.377. The van der Waals surface area contributed by atoms with Crippen LogP contribution in [0.25, 0.3) is 0 Å². The molecule has 1 aromatic carbocycles. The van der Waals surface area contributed by atoms with Crippen molar-refractivity contribution in [3.05, 3.63) is 29.8 Å². The van der Waals surface area contributed by atoms with E-state index in [9.17, 15) is 0 Å². The summed E-state index contributed by atoms with van der Waals surface area (Å²) in [6.07, 6.45) is 5.70. The van der Waals surface area contributed by atoms with Crippen molar-refractivity contribution < 1.29 is 5.10 Å². The molecule has 1 aliphatic heterocycles. The molecule has 0 radical (unpaired) electrons. The highest BCUT2D eigenvalue weighted by molar-refractivity contribution is 5.77. The summed E-state index contributed by atoms with van der Waals surface area (Å²) < 4.78 is 0. The Bertz CT molecular complexity index is 425. The minimum atomic E-state index is 0.0242. The fourth-order valence-corrected chi connectivity index (χ4v) is 2.11. The standard InChI is InChI=1S/C13H19N5/c14-13(15)17-16-10-11-4-6-12(7-5-11)18-8-2-1-3-9-18/h4-7,10H,1-3,8-9H2,(H4,14,15,17)/p+1/b16-10+. The Morgan fingerprint density at radius 2 is 1.78 bits per heavy atom. The van der Waals surface area contributed by atoms with Gasteiger partial charge in [-0.25, -0.2) is 0 Å². The van der Waals surface area contributed by atoms with Gasteiger partial charge >= 0.3 is 0 Å².